The van der Waals surface area contributed by atoms with Crippen molar-refractivity contribution in [3.8, 4) is 0 Å². The SMILES string of the molecule is OC1CCCCC1NCc1cc(Cl)cc2cccnc12. The summed E-state index contributed by atoms with van der Waals surface area (Å²) in [6, 6.07) is 8.01. The van der Waals surface area contributed by atoms with E-state index in [0.717, 1.165) is 40.8 Å². The molecule has 4 heteroatoms. The van der Waals surface area contributed by atoms with Gasteiger partial charge in [0.15, 0.2) is 0 Å². The fourth-order valence-corrected chi connectivity index (χ4v) is 3.20. The number of nitrogens with one attached hydrogen (secondary N) is 1. The van der Waals surface area contributed by atoms with Crippen molar-refractivity contribution in [1.29, 1.82) is 0 Å². The van der Waals surface area contributed by atoms with Gasteiger partial charge in [-0.25, -0.2) is 0 Å². The highest BCUT2D eigenvalue weighted by molar-refractivity contribution is 6.31. The predicted molar refractivity (Wildman–Crippen MR) is 81.9 cm³/mol. The van der Waals surface area contributed by atoms with Crippen LogP contribution < -0.4 is 5.32 Å². The van der Waals surface area contributed by atoms with Gasteiger partial charge in [0.2, 0.25) is 0 Å². The maximum absolute atomic E-state index is 10.0. The summed E-state index contributed by atoms with van der Waals surface area (Å²) in [6.07, 6.45) is 5.81. The molecular formula is C16H19ClN2O. The summed E-state index contributed by atoms with van der Waals surface area (Å²) in [5.74, 6) is 0. The zero-order valence-corrected chi connectivity index (χ0v) is 12.1. The number of halogens is 1. The summed E-state index contributed by atoms with van der Waals surface area (Å²) in [5.41, 5.74) is 2.07. The first kappa shape index (κ1) is 13.8. The van der Waals surface area contributed by atoms with Crippen molar-refractivity contribution in [3.05, 3.63) is 41.0 Å². The van der Waals surface area contributed by atoms with Crippen molar-refractivity contribution in [2.75, 3.05) is 0 Å². The van der Waals surface area contributed by atoms with Crippen molar-refractivity contribution in [1.82, 2.24) is 10.3 Å². The van der Waals surface area contributed by atoms with Gasteiger partial charge in [-0.2, -0.15) is 0 Å². The quantitative estimate of drug-likeness (QED) is 0.912. The molecule has 0 spiro atoms. The molecule has 3 rings (SSSR count). The number of nitrogens with zero attached hydrogens (tertiary/aromatic N) is 1. The van der Waals surface area contributed by atoms with Crippen molar-refractivity contribution >= 4 is 22.5 Å². The monoisotopic (exact) mass is 290 g/mol. The van der Waals surface area contributed by atoms with Crippen LogP contribution >= 0.6 is 11.6 Å². The van der Waals surface area contributed by atoms with Crippen molar-refractivity contribution < 1.29 is 5.11 Å². The molecule has 1 aromatic carbocycles. The molecule has 106 valence electrons. The number of hydrogen-bond acceptors (Lipinski definition) is 3. The van der Waals surface area contributed by atoms with E-state index in [-0.39, 0.29) is 12.1 Å². The van der Waals surface area contributed by atoms with Gasteiger partial charge in [0.1, 0.15) is 0 Å². The lowest BCUT2D eigenvalue weighted by Gasteiger charge is -2.28. The van der Waals surface area contributed by atoms with Crippen LogP contribution in [0.2, 0.25) is 5.02 Å². The Morgan fingerprint density at radius 1 is 1.30 bits per heavy atom. The van der Waals surface area contributed by atoms with Gasteiger partial charge >= 0.3 is 0 Å². The summed E-state index contributed by atoms with van der Waals surface area (Å²) in [7, 11) is 0. The largest absolute Gasteiger partial charge is 0.392 e. The van der Waals surface area contributed by atoms with Gasteiger partial charge in [0, 0.05) is 29.2 Å². The molecule has 0 bridgehead atoms. The molecule has 3 nitrogen and oxygen atoms in total. The van der Waals surface area contributed by atoms with Crippen LogP contribution in [0.15, 0.2) is 30.5 Å². The molecule has 1 aliphatic rings. The molecule has 2 atom stereocenters. The van der Waals surface area contributed by atoms with Crippen LogP contribution in [-0.2, 0) is 6.54 Å². The summed E-state index contributed by atoms with van der Waals surface area (Å²) in [5, 5.41) is 15.3. The Balaban J connectivity index is 1.80. The first-order chi connectivity index (χ1) is 9.74. The van der Waals surface area contributed by atoms with Gasteiger partial charge in [-0.1, -0.05) is 30.5 Å². The molecule has 0 saturated heterocycles. The molecule has 1 aromatic heterocycles. The second-order valence-corrected chi connectivity index (χ2v) is 5.92. The smallest absolute Gasteiger partial charge is 0.0747 e. The number of pyridine rings is 1. The van der Waals surface area contributed by atoms with Gasteiger partial charge in [-0.05, 0) is 36.6 Å². The highest BCUT2D eigenvalue weighted by atomic mass is 35.5. The Morgan fingerprint density at radius 2 is 2.15 bits per heavy atom. The van der Waals surface area contributed by atoms with E-state index in [9.17, 15) is 5.11 Å². The van der Waals surface area contributed by atoms with E-state index in [1.807, 2.05) is 24.3 Å². The molecule has 0 amide bonds. The highest BCUT2D eigenvalue weighted by Gasteiger charge is 2.22. The normalized spacial score (nSPS) is 23.1. The van der Waals surface area contributed by atoms with E-state index < -0.39 is 0 Å². The number of aliphatic hydroxyl groups is 1. The molecule has 1 heterocycles. The van der Waals surface area contributed by atoms with E-state index in [4.69, 9.17) is 11.6 Å². The zero-order valence-electron chi connectivity index (χ0n) is 11.3. The molecule has 2 N–H and O–H groups in total. The highest BCUT2D eigenvalue weighted by Crippen LogP contribution is 2.23. The lowest BCUT2D eigenvalue weighted by molar-refractivity contribution is 0.0903. The third-order valence-electron chi connectivity index (χ3n) is 4.03. The Morgan fingerprint density at radius 3 is 3.00 bits per heavy atom. The lowest BCUT2D eigenvalue weighted by Crippen LogP contribution is -2.41. The summed E-state index contributed by atoms with van der Waals surface area (Å²) in [4.78, 5) is 4.44. The van der Waals surface area contributed by atoms with Crippen LogP contribution in [0.4, 0.5) is 0 Å². The van der Waals surface area contributed by atoms with Crippen LogP contribution in [-0.4, -0.2) is 22.2 Å². The average molecular weight is 291 g/mol. The topological polar surface area (TPSA) is 45.1 Å². The van der Waals surface area contributed by atoms with Crippen LogP contribution in [0.1, 0.15) is 31.2 Å². The van der Waals surface area contributed by atoms with E-state index in [2.05, 4.69) is 10.3 Å². The van der Waals surface area contributed by atoms with Gasteiger partial charge in [0.05, 0.1) is 11.6 Å². The number of hydrogen-bond donors (Lipinski definition) is 2. The molecule has 20 heavy (non-hydrogen) atoms. The molecule has 0 radical (unpaired) electrons. The van der Waals surface area contributed by atoms with E-state index in [0.29, 0.717) is 6.54 Å². The van der Waals surface area contributed by atoms with Crippen LogP contribution in [0, 0.1) is 0 Å². The third kappa shape index (κ3) is 2.95. The van der Waals surface area contributed by atoms with Crippen molar-refractivity contribution in [2.45, 2.75) is 44.4 Å². The molecular weight excluding hydrogens is 272 g/mol. The van der Waals surface area contributed by atoms with Crippen LogP contribution in [0.5, 0.6) is 0 Å². The Kier molecular flexibility index (Phi) is 4.20. The molecule has 1 aliphatic carbocycles. The fraction of sp³-hybridized carbons (Fsp3) is 0.438. The number of rotatable bonds is 3. The molecule has 2 unspecified atom stereocenters. The van der Waals surface area contributed by atoms with E-state index in [1.54, 1.807) is 6.20 Å². The summed E-state index contributed by atoms with van der Waals surface area (Å²) < 4.78 is 0. The minimum atomic E-state index is -0.234. The van der Waals surface area contributed by atoms with Gasteiger partial charge in [0.25, 0.3) is 0 Å². The number of fused-ring (bicyclic) bond motifs is 1. The minimum Gasteiger partial charge on any atom is -0.392 e. The molecule has 0 aliphatic heterocycles. The fourth-order valence-electron chi connectivity index (χ4n) is 2.95. The predicted octanol–water partition coefficient (Wildman–Crippen LogP) is 3.28. The third-order valence-corrected chi connectivity index (χ3v) is 4.25. The van der Waals surface area contributed by atoms with Gasteiger partial charge in [-0.15, -0.1) is 0 Å². The zero-order chi connectivity index (χ0) is 13.9. The standard InChI is InChI=1S/C16H19ClN2O/c17-13-8-11-4-3-7-18-16(11)12(9-13)10-19-14-5-1-2-6-15(14)20/h3-4,7-9,14-15,19-20H,1-2,5-6,10H2. The number of aliphatic hydroxyl groups excluding tert-OH is 1. The first-order valence-electron chi connectivity index (χ1n) is 7.18. The molecule has 1 fully saturated rings. The maximum Gasteiger partial charge on any atom is 0.0747 e. The lowest BCUT2D eigenvalue weighted by atomic mass is 9.92. The van der Waals surface area contributed by atoms with Crippen molar-refractivity contribution in [2.24, 2.45) is 0 Å². The molecule has 1 saturated carbocycles. The molecule has 2 aromatic rings. The summed E-state index contributed by atoms with van der Waals surface area (Å²) in [6.45, 7) is 0.690. The van der Waals surface area contributed by atoms with Crippen LogP contribution in [0.3, 0.4) is 0 Å². The second-order valence-electron chi connectivity index (χ2n) is 5.48. The maximum atomic E-state index is 10.0. The first-order valence-corrected chi connectivity index (χ1v) is 7.56. The van der Waals surface area contributed by atoms with Crippen molar-refractivity contribution in [3.63, 3.8) is 0 Å². The minimum absolute atomic E-state index is 0.182. The van der Waals surface area contributed by atoms with Gasteiger partial charge < -0.3 is 10.4 Å². The summed E-state index contributed by atoms with van der Waals surface area (Å²) >= 11 is 6.17. The Hall–Kier alpha value is -1.16. The Bertz CT molecular complexity index is 602. The van der Waals surface area contributed by atoms with Crippen LogP contribution in [0.25, 0.3) is 10.9 Å². The van der Waals surface area contributed by atoms with E-state index >= 15 is 0 Å². The Labute approximate surface area is 124 Å². The second kappa shape index (κ2) is 6.08. The van der Waals surface area contributed by atoms with E-state index in [1.165, 1.54) is 6.42 Å². The number of aromatic nitrogens is 1. The number of benzene rings is 1. The average Bonchev–Trinajstić information content (AvgIpc) is 2.46. The van der Waals surface area contributed by atoms with Gasteiger partial charge in [-0.3, -0.25) is 4.98 Å².